The number of nitrogens with zero attached hydrogens (tertiary/aromatic N) is 2. The van der Waals surface area contributed by atoms with Gasteiger partial charge in [-0.3, -0.25) is 14.4 Å². The Morgan fingerprint density at radius 2 is 1.87 bits per heavy atom. The number of carbonyl (C=O) groups is 4. The number of ether oxygens (including phenoxy) is 3. The molecule has 2 aromatic rings. The number of alkyl halides is 1. The van der Waals surface area contributed by atoms with Crippen molar-refractivity contribution < 1.29 is 46.2 Å². The third kappa shape index (κ3) is 8.49. The van der Waals surface area contributed by atoms with E-state index in [9.17, 15) is 32.0 Å². The van der Waals surface area contributed by atoms with Crippen molar-refractivity contribution in [3.8, 4) is 11.6 Å². The molecule has 4 aliphatic rings. The smallest absolute Gasteiger partial charge is 0.408 e. The van der Waals surface area contributed by atoms with Gasteiger partial charge in [-0.25, -0.2) is 27.3 Å². The number of pyridine rings is 1. The van der Waals surface area contributed by atoms with Crippen LogP contribution < -0.4 is 24.8 Å². The fourth-order valence-electron chi connectivity index (χ4n) is 7.53. The van der Waals surface area contributed by atoms with Gasteiger partial charge in [-0.05, 0) is 70.4 Å². The zero-order chi connectivity index (χ0) is 40.1. The van der Waals surface area contributed by atoms with Crippen LogP contribution in [0.3, 0.4) is 0 Å². The largest absolute Gasteiger partial charge is 0.494 e. The summed E-state index contributed by atoms with van der Waals surface area (Å²) in [5, 5.41) is 4.47. The number of hydrogen-bond acceptors (Lipinski definition) is 10. The van der Waals surface area contributed by atoms with Crippen molar-refractivity contribution in [2.75, 3.05) is 13.7 Å². The maximum absolute atomic E-state index is 14.8. The van der Waals surface area contributed by atoms with E-state index in [1.54, 1.807) is 45.0 Å². The number of nitrogens with one attached hydrogen (secondary N) is 3. The van der Waals surface area contributed by atoms with Crippen LogP contribution in [0.5, 0.6) is 11.6 Å². The summed E-state index contributed by atoms with van der Waals surface area (Å²) in [7, 11) is -3.19. The van der Waals surface area contributed by atoms with Crippen molar-refractivity contribution in [1.82, 2.24) is 25.2 Å². The lowest BCUT2D eigenvalue weighted by Crippen LogP contribution is -2.59. The molecule has 0 radical (unpaired) electrons. The molecule has 3 heterocycles. The second-order valence-electron chi connectivity index (χ2n) is 16.3. The predicted octanol–water partition coefficient (Wildman–Crippen LogP) is 4.93. The van der Waals surface area contributed by atoms with Crippen LogP contribution in [0.4, 0.5) is 9.18 Å². The second-order valence-corrected chi connectivity index (χ2v) is 18.7. The summed E-state index contributed by atoms with van der Waals surface area (Å²) in [5.74, 6) is -2.65. The first-order valence-electron chi connectivity index (χ1n) is 18.6. The van der Waals surface area contributed by atoms with Crippen molar-refractivity contribution in [1.29, 1.82) is 0 Å². The van der Waals surface area contributed by atoms with Gasteiger partial charge in [-0.1, -0.05) is 43.7 Å². The summed E-state index contributed by atoms with van der Waals surface area (Å²) in [5.41, 5.74) is -2.57. The molecule has 300 valence electrons. The number of aromatic nitrogens is 1. The van der Waals surface area contributed by atoms with Gasteiger partial charge in [-0.2, -0.15) is 0 Å². The van der Waals surface area contributed by atoms with Crippen LogP contribution in [0.2, 0.25) is 5.02 Å². The lowest BCUT2D eigenvalue weighted by molar-refractivity contribution is -0.142. The Morgan fingerprint density at radius 1 is 1.15 bits per heavy atom. The van der Waals surface area contributed by atoms with Gasteiger partial charge in [0.15, 0.2) is 0 Å². The highest BCUT2D eigenvalue weighted by molar-refractivity contribution is 7.91. The maximum Gasteiger partial charge on any atom is 0.408 e. The highest BCUT2D eigenvalue weighted by Crippen LogP contribution is 2.48. The van der Waals surface area contributed by atoms with Crippen molar-refractivity contribution in [2.24, 2.45) is 17.8 Å². The fraction of sp³-hybridized carbons (Fsp3) is 0.605. The molecule has 7 atom stereocenters. The van der Waals surface area contributed by atoms with Crippen LogP contribution >= 0.6 is 11.6 Å². The van der Waals surface area contributed by atoms with Gasteiger partial charge >= 0.3 is 6.09 Å². The van der Waals surface area contributed by atoms with Crippen molar-refractivity contribution in [2.45, 2.75) is 114 Å². The number of hydrogen-bond donors (Lipinski definition) is 3. The lowest BCUT2D eigenvalue weighted by Gasteiger charge is -2.33. The maximum atomic E-state index is 14.8. The van der Waals surface area contributed by atoms with Crippen molar-refractivity contribution >= 4 is 56.2 Å². The number of carbonyl (C=O) groups excluding carboxylic acids is 4. The van der Waals surface area contributed by atoms with E-state index >= 15 is 0 Å². The second kappa shape index (κ2) is 15.1. The Balaban J connectivity index is 1.36. The number of rotatable bonds is 7. The van der Waals surface area contributed by atoms with E-state index in [4.69, 9.17) is 25.8 Å². The van der Waals surface area contributed by atoms with E-state index in [0.717, 1.165) is 0 Å². The monoisotopic (exact) mass is 805 g/mol. The zero-order valence-corrected chi connectivity index (χ0v) is 33.4. The minimum atomic E-state index is -4.67. The van der Waals surface area contributed by atoms with E-state index in [1.165, 1.54) is 18.2 Å². The standard InChI is InChI=1S/C38H49ClFN5O9S/c1-21-10-7-8-11-23-18-38(23,34(48)44-55(50,51)37(40)14-15-37)43-31(46)27-17-24(53-32-25-12-9-13-26(39)29(25)28(52-6)19-41-32)20-45(27)33(47)30(22(2)16-21)42-35(49)54-36(3,4)5/h8-9,11-13,19,21-24,27,30H,7,10,14-18,20H2,1-6H3,(H,42,49)(H,43,46)(H,44,48)/b11-8-/t21-,22-,23-,24-,27+,30+,38-/m1/s1. The van der Waals surface area contributed by atoms with E-state index in [-0.39, 0.29) is 44.0 Å². The Hall–Kier alpha value is -4.18. The van der Waals surface area contributed by atoms with Crippen LogP contribution in [0.1, 0.15) is 79.6 Å². The SMILES string of the molecule is COc1cnc(O[C@@H]2C[C@H]3C(=O)N[C@]4(C(=O)NS(=O)(=O)C5(F)CC5)C[C@H]4/C=C\CC[C@@H](C)C[C@@H](C)[C@H](NC(=O)OC(C)(C)C)C(=O)N3C2)c2cccc(Cl)c12. The number of allylic oxidation sites excluding steroid dienone is 1. The zero-order valence-electron chi connectivity index (χ0n) is 31.8. The van der Waals surface area contributed by atoms with Crippen molar-refractivity contribution in [3.63, 3.8) is 0 Å². The number of halogens is 2. The van der Waals surface area contributed by atoms with Crippen LogP contribution in [0.15, 0.2) is 36.5 Å². The highest BCUT2D eigenvalue weighted by atomic mass is 35.5. The molecule has 1 aromatic carbocycles. The molecule has 0 bridgehead atoms. The predicted molar refractivity (Wildman–Crippen MR) is 201 cm³/mol. The fourth-order valence-corrected chi connectivity index (χ4v) is 9.05. The molecule has 1 saturated heterocycles. The normalized spacial score (nSPS) is 30.1. The third-order valence-electron chi connectivity index (χ3n) is 10.7. The van der Waals surface area contributed by atoms with Gasteiger partial charge in [-0.15, -0.1) is 0 Å². The van der Waals surface area contributed by atoms with Gasteiger partial charge in [0.05, 0.1) is 24.9 Å². The lowest BCUT2D eigenvalue weighted by atomic mass is 9.88. The van der Waals surface area contributed by atoms with E-state index in [1.807, 2.05) is 24.6 Å². The van der Waals surface area contributed by atoms with Crippen molar-refractivity contribution in [3.05, 3.63) is 41.6 Å². The summed E-state index contributed by atoms with van der Waals surface area (Å²) in [6.45, 7) is 8.90. The quantitative estimate of drug-likeness (QED) is 0.325. The summed E-state index contributed by atoms with van der Waals surface area (Å²) in [6.07, 6.45) is 4.89. The summed E-state index contributed by atoms with van der Waals surface area (Å²) < 4.78 is 59.7. The van der Waals surface area contributed by atoms with Gasteiger partial charge in [0.1, 0.15) is 35.1 Å². The summed E-state index contributed by atoms with van der Waals surface area (Å²) in [4.78, 5) is 61.9. The molecule has 4 amide bonds. The number of amides is 4. The topological polar surface area (TPSA) is 182 Å². The van der Waals surface area contributed by atoms with Gasteiger partial charge in [0.25, 0.3) is 15.9 Å². The molecule has 1 aromatic heterocycles. The summed E-state index contributed by atoms with van der Waals surface area (Å²) >= 11 is 6.53. The van der Waals surface area contributed by atoms with Gasteiger partial charge < -0.3 is 29.7 Å². The highest BCUT2D eigenvalue weighted by Gasteiger charge is 2.64. The third-order valence-corrected chi connectivity index (χ3v) is 12.9. The number of benzene rings is 1. The molecule has 2 aliphatic heterocycles. The molecule has 3 fully saturated rings. The first-order chi connectivity index (χ1) is 25.8. The molecule has 2 aliphatic carbocycles. The molecule has 3 N–H and O–H groups in total. The average Bonchev–Trinajstić information content (AvgIpc) is 3.98. The Bertz CT molecular complexity index is 2000. The molecular formula is C38H49ClFN5O9S. The minimum absolute atomic E-state index is 0.0542. The molecular weight excluding hydrogens is 757 g/mol. The Morgan fingerprint density at radius 3 is 2.55 bits per heavy atom. The molecule has 2 saturated carbocycles. The molecule has 0 unspecified atom stereocenters. The van der Waals surface area contributed by atoms with Crippen LogP contribution in [-0.4, -0.2) is 90.1 Å². The van der Waals surface area contributed by atoms with E-state index < -0.39 is 80.0 Å². The molecule has 0 spiro atoms. The first-order valence-corrected chi connectivity index (χ1v) is 20.5. The van der Waals surface area contributed by atoms with Crippen LogP contribution in [0.25, 0.3) is 10.8 Å². The Labute approximate surface area is 325 Å². The van der Waals surface area contributed by atoms with Gasteiger partial charge in [0.2, 0.25) is 22.7 Å². The van der Waals surface area contributed by atoms with E-state index in [0.29, 0.717) is 40.8 Å². The average molecular weight is 806 g/mol. The van der Waals surface area contributed by atoms with E-state index in [2.05, 4.69) is 15.6 Å². The number of sulfonamides is 1. The molecule has 6 rings (SSSR count). The number of fused-ring (bicyclic) bond motifs is 3. The molecule has 55 heavy (non-hydrogen) atoms. The molecule has 17 heteroatoms. The van der Waals surface area contributed by atoms with Crippen LogP contribution in [0, 0.1) is 17.8 Å². The first kappa shape index (κ1) is 40.5. The number of methoxy groups -OCH3 is 1. The van der Waals surface area contributed by atoms with Gasteiger partial charge in [0, 0.05) is 36.0 Å². The summed E-state index contributed by atoms with van der Waals surface area (Å²) in [6, 6.07) is 2.83. The molecule has 14 nitrogen and oxygen atoms in total. The van der Waals surface area contributed by atoms with Crippen LogP contribution in [-0.2, 0) is 29.1 Å². The number of alkyl carbamates (subject to hydrolysis) is 1. The Kier molecular flexibility index (Phi) is 11.1. The minimum Gasteiger partial charge on any atom is -0.494 e.